The van der Waals surface area contributed by atoms with Gasteiger partial charge in [0.1, 0.15) is 5.75 Å². The van der Waals surface area contributed by atoms with Crippen molar-refractivity contribution >= 4 is 5.91 Å². The van der Waals surface area contributed by atoms with Crippen LogP contribution in [-0.2, 0) is 4.79 Å². The van der Waals surface area contributed by atoms with Crippen molar-refractivity contribution in [2.45, 2.75) is 45.2 Å². The third kappa shape index (κ3) is 5.30. The molecule has 0 saturated carbocycles. The molecule has 0 radical (unpaired) electrons. The Morgan fingerprint density at radius 3 is 2.47 bits per heavy atom. The van der Waals surface area contributed by atoms with Gasteiger partial charge in [0.05, 0.1) is 13.2 Å². The highest BCUT2D eigenvalue weighted by atomic mass is 16.5. The minimum absolute atomic E-state index is 0.0477. The third-order valence-corrected chi connectivity index (χ3v) is 3.09. The molecular weight excluding hydrogens is 240 g/mol. The molecular formula is C15H24N2O2. The summed E-state index contributed by atoms with van der Waals surface area (Å²) in [7, 11) is 1.64. The number of carbonyl (C=O) groups is 1. The molecule has 0 bridgehead atoms. The van der Waals surface area contributed by atoms with Crippen LogP contribution in [0.3, 0.4) is 0 Å². The van der Waals surface area contributed by atoms with E-state index < -0.39 is 0 Å². The number of methoxy groups -OCH3 is 1. The van der Waals surface area contributed by atoms with Crippen LogP contribution in [0.15, 0.2) is 24.3 Å². The fourth-order valence-electron chi connectivity index (χ4n) is 1.88. The number of amides is 1. The number of nitrogens with one attached hydrogen (secondary N) is 1. The van der Waals surface area contributed by atoms with Crippen LogP contribution < -0.4 is 15.8 Å². The SMILES string of the molecule is CCC(NC(=O)CCC(C)N)c1ccc(OC)cc1. The van der Waals surface area contributed by atoms with Crippen molar-refractivity contribution in [1.82, 2.24) is 5.32 Å². The van der Waals surface area contributed by atoms with Gasteiger partial charge in [-0.15, -0.1) is 0 Å². The van der Waals surface area contributed by atoms with E-state index in [1.54, 1.807) is 7.11 Å². The second-order valence-electron chi connectivity index (χ2n) is 4.82. The monoisotopic (exact) mass is 264 g/mol. The van der Waals surface area contributed by atoms with Gasteiger partial charge in [-0.2, -0.15) is 0 Å². The summed E-state index contributed by atoms with van der Waals surface area (Å²) in [4.78, 5) is 11.8. The zero-order valence-corrected chi connectivity index (χ0v) is 12.0. The molecule has 1 aromatic carbocycles. The molecule has 1 rings (SSSR count). The van der Waals surface area contributed by atoms with Crippen molar-refractivity contribution in [1.29, 1.82) is 0 Å². The van der Waals surface area contributed by atoms with Crippen molar-refractivity contribution in [3.05, 3.63) is 29.8 Å². The van der Waals surface area contributed by atoms with Crippen LogP contribution in [0.2, 0.25) is 0 Å². The van der Waals surface area contributed by atoms with Gasteiger partial charge < -0.3 is 15.8 Å². The molecule has 0 heterocycles. The largest absolute Gasteiger partial charge is 0.497 e. The zero-order chi connectivity index (χ0) is 14.3. The minimum atomic E-state index is 0.0477. The fourth-order valence-corrected chi connectivity index (χ4v) is 1.88. The average Bonchev–Trinajstić information content (AvgIpc) is 2.42. The van der Waals surface area contributed by atoms with E-state index in [2.05, 4.69) is 12.2 Å². The summed E-state index contributed by atoms with van der Waals surface area (Å²) >= 11 is 0. The average molecular weight is 264 g/mol. The van der Waals surface area contributed by atoms with E-state index >= 15 is 0 Å². The number of ether oxygens (including phenoxy) is 1. The zero-order valence-electron chi connectivity index (χ0n) is 12.0. The third-order valence-electron chi connectivity index (χ3n) is 3.09. The summed E-state index contributed by atoms with van der Waals surface area (Å²) in [6.07, 6.45) is 2.05. The molecule has 0 aromatic heterocycles. The minimum Gasteiger partial charge on any atom is -0.497 e. The van der Waals surface area contributed by atoms with Crippen LogP contribution in [0.1, 0.15) is 44.7 Å². The first-order chi connectivity index (χ1) is 9.06. The van der Waals surface area contributed by atoms with Gasteiger partial charge in [0, 0.05) is 12.5 Å². The Hall–Kier alpha value is -1.55. The van der Waals surface area contributed by atoms with Gasteiger partial charge >= 0.3 is 0 Å². The summed E-state index contributed by atoms with van der Waals surface area (Å²) in [5.41, 5.74) is 6.75. The van der Waals surface area contributed by atoms with Gasteiger partial charge in [-0.05, 0) is 37.5 Å². The molecule has 2 atom stereocenters. The maximum absolute atomic E-state index is 11.8. The van der Waals surface area contributed by atoms with Crippen molar-refractivity contribution in [3.63, 3.8) is 0 Å². The Morgan fingerprint density at radius 1 is 1.37 bits per heavy atom. The number of benzene rings is 1. The van der Waals surface area contributed by atoms with Crippen molar-refractivity contribution < 1.29 is 9.53 Å². The van der Waals surface area contributed by atoms with E-state index in [0.717, 1.165) is 17.7 Å². The van der Waals surface area contributed by atoms with Gasteiger partial charge in [-0.1, -0.05) is 19.1 Å². The van der Waals surface area contributed by atoms with Crippen LogP contribution >= 0.6 is 0 Å². The highest BCUT2D eigenvalue weighted by molar-refractivity contribution is 5.76. The lowest BCUT2D eigenvalue weighted by Gasteiger charge is -2.18. The Morgan fingerprint density at radius 2 is 2.00 bits per heavy atom. The highest BCUT2D eigenvalue weighted by Gasteiger charge is 2.13. The van der Waals surface area contributed by atoms with Crippen molar-refractivity contribution in [2.24, 2.45) is 5.73 Å². The molecule has 0 spiro atoms. The van der Waals surface area contributed by atoms with Gasteiger partial charge in [-0.3, -0.25) is 4.79 Å². The van der Waals surface area contributed by atoms with E-state index in [-0.39, 0.29) is 18.0 Å². The maximum Gasteiger partial charge on any atom is 0.220 e. The number of nitrogens with two attached hydrogens (primary N) is 1. The number of hydrogen-bond donors (Lipinski definition) is 2. The van der Waals surface area contributed by atoms with Crippen LogP contribution in [0.4, 0.5) is 0 Å². The van der Waals surface area contributed by atoms with E-state index in [4.69, 9.17) is 10.5 Å². The molecule has 3 N–H and O–H groups in total. The van der Waals surface area contributed by atoms with Gasteiger partial charge in [0.2, 0.25) is 5.91 Å². The Kier molecular flexibility index (Phi) is 6.36. The Bertz CT molecular complexity index is 388. The number of hydrogen-bond acceptors (Lipinski definition) is 3. The predicted octanol–water partition coefficient (Wildman–Crippen LogP) is 2.39. The molecule has 1 aromatic rings. The quantitative estimate of drug-likeness (QED) is 0.794. The van der Waals surface area contributed by atoms with Crippen LogP contribution in [0.5, 0.6) is 5.75 Å². The predicted molar refractivity (Wildman–Crippen MR) is 77.1 cm³/mol. The first kappa shape index (κ1) is 15.5. The molecule has 106 valence electrons. The lowest BCUT2D eigenvalue weighted by molar-refractivity contribution is -0.122. The van der Waals surface area contributed by atoms with Gasteiger partial charge in [0.15, 0.2) is 0 Å². The molecule has 2 unspecified atom stereocenters. The molecule has 0 saturated heterocycles. The van der Waals surface area contributed by atoms with E-state index in [1.165, 1.54) is 0 Å². The molecule has 0 aliphatic carbocycles. The second-order valence-corrected chi connectivity index (χ2v) is 4.82. The summed E-state index contributed by atoms with van der Waals surface area (Å²) in [6.45, 7) is 3.97. The molecule has 0 aliphatic rings. The molecule has 4 heteroatoms. The summed E-state index contributed by atoms with van der Waals surface area (Å²) in [6, 6.07) is 7.90. The molecule has 4 nitrogen and oxygen atoms in total. The van der Waals surface area contributed by atoms with E-state index in [1.807, 2.05) is 31.2 Å². The van der Waals surface area contributed by atoms with Crippen molar-refractivity contribution in [2.75, 3.05) is 7.11 Å². The highest BCUT2D eigenvalue weighted by Crippen LogP contribution is 2.20. The van der Waals surface area contributed by atoms with Crippen LogP contribution in [0.25, 0.3) is 0 Å². The lowest BCUT2D eigenvalue weighted by atomic mass is 10.0. The van der Waals surface area contributed by atoms with Crippen LogP contribution in [-0.4, -0.2) is 19.1 Å². The van der Waals surface area contributed by atoms with Crippen molar-refractivity contribution in [3.8, 4) is 5.75 Å². The Labute approximate surface area is 115 Å². The normalized spacial score (nSPS) is 13.7. The standard InChI is InChI=1S/C15H24N2O2/c1-4-14(17-15(18)10-5-11(2)16)12-6-8-13(19-3)9-7-12/h6-9,11,14H,4-5,10,16H2,1-3H3,(H,17,18). The summed E-state index contributed by atoms with van der Waals surface area (Å²) < 4.78 is 5.13. The smallest absolute Gasteiger partial charge is 0.220 e. The number of rotatable bonds is 7. The Balaban J connectivity index is 2.59. The molecule has 19 heavy (non-hydrogen) atoms. The topological polar surface area (TPSA) is 64.4 Å². The molecule has 1 amide bonds. The first-order valence-electron chi connectivity index (χ1n) is 6.75. The van der Waals surface area contributed by atoms with E-state index in [0.29, 0.717) is 12.8 Å². The lowest BCUT2D eigenvalue weighted by Crippen LogP contribution is -2.29. The van der Waals surface area contributed by atoms with E-state index in [9.17, 15) is 4.79 Å². The summed E-state index contributed by atoms with van der Waals surface area (Å²) in [5, 5.41) is 3.04. The van der Waals surface area contributed by atoms with Gasteiger partial charge in [0.25, 0.3) is 0 Å². The maximum atomic E-state index is 11.8. The second kappa shape index (κ2) is 7.79. The first-order valence-corrected chi connectivity index (χ1v) is 6.75. The van der Waals surface area contributed by atoms with Gasteiger partial charge in [-0.25, -0.2) is 0 Å². The molecule has 0 fully saturated rings. The van der Waals surface area contributed by atoms with Crippen LogP contribution in [0, 0.1) is 0 Å². The molecule has 0 aliphatic heterocycles. The fraction of sp³-hybridized carbons (Fsp3) is 0.533. The summed E-state index contributed by atoms with van der Waals surface area (Å²) in [5.74, 6) is 0.877. The number of carbonyl (C=O) groups excluding carboxylic acids is 1.